The Bertz CT molecular complexity index is 435. The van der Waals surface area contributed by atoms with Gasteiger partial charge in [0.25, 0.3) is 0 Å². The molecule has 0 aromatic heterocycles. The summed E-state index contributed by atoms with van der Waals surface area (Å²) in [6.45, 7) is 13.4. The Morgan fingerprint density at radius 2 is 1.60 bits per heavy atom. The molecule has 0 fully saturated rings. The maximum Gasteiger partial charge on any atom is 0.168 e. The van der Waals surface area contributed by atoms with Crippen LogP contribution >= 0.6 is 0 Å². The molecule has 0 radical (unpaired) electrons. The van der Waals surface area contributed by atoms with Crippen molar-refractivity contribution in [2.75, 3.05) is 13.2 Å². The van der Waals surface area contributed by atoms with E-state index in [1.165, 1.54) is 0 Å². The first-order valence-corrected chi connectivity index (χ1v) is 7.45. The van der Waals surface area contributed by atoms with Crippen LogP contribution in [-0.2, 0) is 0 Å². The molecule has 0 aliphatic rings. The van der Waals surface area contributed by atoms with Crippen LogP contribution < -0.4 is 9.47 Å². The van der Waals surface area contributed by atoms with Crippen LogP contribution in [0.5, 0.6) is 11.5 Å². The average molecular weight is 274 g/mol. The summed E-state index contributed by atoms with van der Waals surface area (Å²) in [4.78, 5) is 0. The van der Waals surface area contributed by atoms with Gasteiger partial charge in [0, 0.05) is 5.56 Å². The van der Waals surface area contributed by atoms with Crippen molar-refractivity contribution in [1.82, 2.24) is 0 Å². The highest BCUT2D eigenvalue weighted by molar-refractivity contribution is 5.67. The monoisotopic (exact) mass is 274 g/mol. The van der Waals surface area contributed by atoms with Gasteiger partial charge in [0.15, 0.2) is 11.5 Å². The SMILES string of the molecule is C=Cc1cc(C=C)c(OCCCC)c(OCCCC)c1. The molecular formula is C18H26O2. The van der Waals surface area contributed by atoms with Crippen LogP contribution in [0.15, 0.2) is 25.3 Å². The van der Waals surface area contributed by atoms with Crippen molar-refractivity contribution in [3.63, 3.8) is 0 Å². The zero-order valence-corrected chi connectivity index (χ0v) is 12.8. The van der Waals surface area contributed by atoms with Crippen LogP contribution in [0.25, 0.3) is 12.2 Å². The summed E-state index contributed by atoms with van der Waals surface area (Å²) >= 11 is 0. The highest BCUT2D eigenvalue weighted by Crippen LogP contribution is 2.34. The van der Waals surface area contributed by atoms with Gasteiger partial charge in [-0.3, -0.25) is 0 Å². The molecule has 110 valence electrons. The molecule has 1 aromatic rings. The quantitative estimate of drug-likeness (QED) is 0.537. The van der Waals surface area contributed by atoms with Gasteiger partial charge in [-0.15, -0.1) is 0 Å². The molecule has 0 heterocycles. The Labute approximate surface area is 123 Å². The lowest BCUT2D eigenvalue weighted by Crippen LogP contribution is -2.04. The number of rotatable bonds is 10. The van der Waals surface area contributed by atoms with Gasteiger partial charge in [-0.05, 0) is 30.5 Å². The Morgan fingerprint density at radius 1 is 0.950 bits per heavy atom. The second-order valence-corrected chi connectivity index (χ2v) is 4.75. The van der Waals surface area contributed by atoms with Crippen LogP contribution in [0.2, 0.25) is 0 Å². The zero-order chi connectivity index (χ0) is 14.8. The van der Waals surface area contributed by atoms with Gasteiger partial charge in [-0.25, -0.2) is 0 Å². The third kappa shape index (κ3) is 4.76. The molecule has 0 saturated carbocycles. The molecule has 1 aromatic carbocycles. The number of benzene rings is 1. The first-order chi connectivity index (χ1) is 9.76. The summed E-state index contributed by atoms with van der Waals surface area (Å²) in [5.41, 5.74) is 1.99. The van der Waals surface area contributed by atoms with Gasteiger partial charge in [0.05, 0.1) is 13.2 Å². The Balaban J connectivity index is 2.99. The molecule has 2 nitrogen and oxygen atoms in total. The first-order valence-electron chi connectivity index (χ1n) is 7.45. The molecule has 0 aliphatic carbocycles. The fourth-order valence-electron chi connectivity index (χ4n) is 1.82. The third-order valence-corrected chi connectivity index (χ3v) is 3.06. The van der Waals surface area contributed by atoms with E-state index in [1.54, 1.807) is 6.08 Å². The molecule has 0 saturated heterocycles. The second kappa shape index (κ2) is 9.24. The summed E-state index contributed by atoms with van der Waals surface area (Å²) in [6.07, 6.45) is 7.92. The molecular weight excluding hydrogens is 248 g/mol. The van der Waals surface area contributed by atoms with Gasteiger partial charge < -0.3 is 9.47 Å². The molecule has 0 bridgehead atoms. The number of hydrogen-bond acceptors (Lipinski definition) is 2. The summed E-state index contributed by atoms with van der Waals surface area (Å²) in [6, 6.07) is 4.00. The van der Waals surface area contributed by atoms with Gasteiger partial charge in [0.1, 0.15) is 0 Å². The number of hydrogen-bond donors (Lipinski definition) is 0. The van der Waals surface area contributed by atoms with Crippen molar-refractivity contribution < 1.29 is 9.47 Å². The molecule has 0 atom stereocenters. The van der Waals surface area contributed by atoms with Crippen LogP contribution in [0.3, 0.4) is 0 Å². The van der Waals surface area contributed by atoms with Crippen LogP contribution in [0, 0.1) is 0 Å². The molecule has 1 rings (SSSR count). The molecule has 0 amide bonds. The van der Waals surface area contributed by atoms with E-state index < -0.39 is 0 Å². The minimum Gasteiger partial charge on any atom is -0.490 e. The van der Waals surface area contributed by atoms with Crippen LogP contribution in [0.1, 0.15) is 50.7 Å². The van der Waals surface area contributed by atoms with Gasteiger partial charge in [0.2, 0.25) is 0 Å². The Kier molecular flexibility index (Phi) is 7.56. The highest BCUT2D eigenvalue weighted by Gasteiger charge is 2.11. The standard InChI is InChI=1S/C18H26O2/c1-5-9-11-19-17-14-15(7-3)13-16(8-4)18(17)20-12-10-6-2/h7-8,13-14H,3-6,9-12H2,1-2H3. The van der Waals surface area contributed by atoms with Crippen molar-refractivity contribution in [1.29, 1.82) is 0 Å². The fourth-order valence-corrected chi connectivity index (χ4v) is 1.82. The molecule has 2 heteroatoms. The van der Waals surface area contributed by atoms with Crippen molar-refractivity contribution >= 4 is 12.2 Å². The molecule has 0 spiro atoms. The van der Waals surface area contributed by atoms with E-state index in [0.717, 1.165) is 48.3 Å². The predicted octanol–water partition coefficient (Wildman–Crippen LogP) is 5.33. The summed E-state index contributed by atoms with van der Waals surface area (Å²) in [5.74, 6) is 1.59. The largest absolute Gasteiger partial charge is 0.490 e. The normalized spacial score (nSPS) is 10.1. The maximum atomic E-state index is 5.90. The van der Waals surface area contributed by atoms with Crippen molar-refractivity contribution in [2.24, 2.45) is 0 Å². The summed E-state index contributed by atoms with van der Waals surface area (Å²) < 4.78 is 11.8. The molecule has 0 unspecified atom stereocenters. The lowest BCUT2D eigenvalue weighted by molar-refractivity contribution is 0.261. The lowest BCUT2D eigenvalue weighted by Gasteiger charge is -2.16. The van der Waals surface area contributed by atoms with E-state index in [4.69, 9.17) is 9.47 Å². The van der Waals surface area contributed by atoms with E-state index in [2.05, 4.69) is 27.0 Å². The smallest absolute Gasteiger partial charge is 0.168 e. The minimum atomic E-state index is 0.703. The highest BCUT2D eigenvalue weighted by atomic mass is 16.5. The lowest BCUT2D eigenvalue weighted by atomic mass is 10.1. The summed E-state index contributed by atoms with van der Waals surface area (Å²) in [5, 5.41) is 0. The van der Waals surface area contributed by atoms with Crippen molar-refractivity contribution in [3.8, 4) is 11.5 Å². The first kappa shape index (κ1) is 16.4. The van der Waals surface area contributed by atoms with Crippen molar-refractivity contribution in [2.45, 2.75) is 39.5 Å². The average Bonchev–Trinajstić information content (AvgIpc) is 2.48. The van der Waals surface area contributed by atoms with Gasteiger partial charge in [-0.1, -0.05) is 52.0 Å². The van der Waals surface area contributed by atoms with E-state index in [9.17, 15) is 0 Å². The fraction of sp³-hybridized carbons (Fsp3) is 0.444. The topological polar surface area (TPSA) is 18.5 Å². The van der Waals surface area contributed by atoms with Crippen molar-refractivity contribution in [3.05, 3.63) is 36.4 Å². The minimum absolute atomic E-state index is 0.703. The zero-order valence-electron chi connectivity index (χ0n) is 12.8. The van der Waals surface area contributed by atoms with E-state index >= 15 is 0 Å². The third-order valence-electron chi connectivity index (χ3n) is 3.06. The van der Waals surface area contributed by atoms with Gasteiger partial charge >= 0.3 is 0 Å². The Hall–Kier alpha value is -1.70. The number of unbranched alkanes of at least 4 members (excludes halogenated alkanes) is 2. The summed E-state index contributed by atoms with van der Waals surface area (Å²) in [7, 11) is 0. The molecule has 20 heavy (non-hydrogen) atoms. The van der Waals surface area contributed by atoms with E-state index in [0.29, 0.717) is 13.2 Å². The maximum absolute atomic E-state index is 5.90. The van der Waals surface area contributed by atoms with Crippen LogP contribution in [0.4, 0.5) is 0 Å². The Morgan fingerprint density at radius 3 is 2.15 bits per heavy atom. The van der Waals surface area contributed by atoms with E-state index in [1.807, 2.05) is 18.2 Å². The number of ether oxygens (including phenoxy) is 2. The predicted molar refractivity (Wildman–Crippen MR) is 87.4 cm³/mol. The molecule has 0 N–H and O–H groups in total. The van der Waals surface area contributed by atoms with E-state index in [-0.39, 0.29) is 0 Å². The van der Waals surface area contributed by atoms with Gasteiger partial charge in [-0.2, -0.15) is 0 Å². The molecule has 0 aliphatic heterocycles. The second-order valence-electron chi connectivity index (χ2n) is 4.75. The van der Waals surface area contributed by atoms with Crippen LogP contribution in [-0.4, -0.2) is 13.2 Å².